The van der Waals surface area contributed by atoms with Gasteiger partial charge in [-0.25, -0.2) is 0 Å². The zero-order valence-electron chi connectivity index (χ0n) is 12.3. The maximum atomic E-state index is 12.1. The van der Waals surface area contributed by atoms with Crippen molar-refractivity contribution in [1.29, 1.82) is 0 Å². The highest BCUT2D eigenvalue weighted by Crippen LogP contribution is 2.17. The van der Waals surface area contributed by atoms with E-state index in [1.54, 1.807) is 38.3 Å². The van der Waals surface area contributed by atoms with Crippen LogP contribution >= 0.6 is 0 Å². The number of carbonyl (C=O) groups excluding carboxylic acids is 3. The van der Waals surface area contributed by atoms with Crippen LogP contribution in [0.25, 0.3) is 0 Å². The normalized spacial score (nSPS) is 11.4. The van der Waals surface area contributed by atoms with Crippen LogP contribution in [-0.2, 0) is 19.1 Å². The number of ketones is 1. The third kappa shape index (κ3) is 5.25. The third-order valence-corrected chi connectivity index (χ3v) is 2.84. The largest absolute Gasteiger partial charge is 0.497 e. The van der Waals surface area contributed by atoms with E-state index in [-0.39, 0.29) is 18.8 Å². The molecule has 0 aliphatic rings. The van der Waals surface area contributed by atoms with Crippen molar-refractivity contribution in [2.75, 3.05) is 19.0 Å². The maximum Gasteiger partial charge on any atom is 0.307 e. The minimum Gasteiger partial charge on any atom is -0.497 e. The van der Waals surface area contributed by atoms with Gasteiger partial charge in [-0.05, 0) is 38.1 Å². The van der Waals surface area contributed by atoms with Gasteiger partial charge in [0.25, 0.3) is 0 Å². The number of nitrogens with one attached hydrogen (secondary N) is 1. The molecular formula is C15H19NO5. The molecule has 0 bridgehead atoms. The number of Topliss-reactive ketones (excluding diaryl/α,β-unsaturated/α-hetero) is 1. The van der Waals surface area contributed by atoms with Crippen LogP contribution in [-0.4, -0.2) is 31.4 Å². The number of ether oxygens (including phenoxy) is 2. The molecule has 0 spiro atoms. The van der Waals surface area contributed by atoms with E-state index in [4.69, 9.17) is 9.47 Å². The summed E-state index contributed by atoms with van der Waals surface area (Å²) < 4.78 is 9.78. The average molecular weight is 293 g/mol. The lowest BCUT2D eigenvalue weighted by Gasteiger charge is -2.13. The summed E-state index contributed by atoms with van der Waals surface area (Å²) in [6.07, 6.45) is -0.259. The molecule has 1 rings (SSSR count). The Hall–Kier alpha value is -2.37. The van der Waals surface area contributed by atoms with Crippen molar-refractivity contribution in [2.24, 2.45) is 5.92 Å². The molecule has 1 amide bonds. The zero-order chi connectivity index (χ0) is 15.8. The lowest BCUT2D eigenvalue weighted by atomic mass is 10.00. The van der Waals surface area contributed by atoms with E-state index in [0.29, 0.717) is 11.4 Å². The standard InChI is InChI=1S/C15H19NO5/c1-4-21-14(18)9-13(10(2)17)15(19)16-11-5-7-12(20-3)8-6-11/h5-8,13H,4,9H2,1-3H3,(H,16,19). The summed E-state index contributed by atoms with van der Waals surface area (Å²) in [6, 6.07) is 6.67. The predicted octanol–water partition coefficient (Wildman–Crippen LogP) is 1.79. The first-order valence-electron chi connectivity index (χ1n) is 6.59. The van der Waals surface area contributed by atoms with Crippen LogP contribution < -0.4 is 10.1 Å². The molecule has 0 aliphatic heterocycles. The molecule has 0 aromatic heterocycles. The number of hydrogen-bond donors (Lipinski definition) is 1. The summed E-state index contributed by atoms with van der Waals surface area (Å²) in [4.78, 5) is 35.0. The van der Waals surface area contributed by atoms with Crippen LogP contribution in [0.3, 0.4) is 0 Å². The summed E-state index contributed by atoms with van der Waals surface area (Å²) in [5.41, 5.74) is 0.524. The molecule has 1 aromatic rings. The lowest BCUT2D eigenvalue weighted by Crippen LogP contribution is -2.30. The minimum absolute atomic E-state index is 0.212. The first-order chi connectivity index (χ1) is 9.97. The van der Waals surface area contributed by atoms with E-state index >= 15 is 0 Å². The molecule has 0 fully saturated rings. The Kier molecular flexibility index (Phi) is 6.39. The smallest absolute Gasteiger partial charge is 0.307 e. The van der Waals surface area contributed by atoms with E-state index < -0.39 is 17.8 Å². The topological polar surface area (TPSA) is 81.7 Å². The molecule has 0 saturated carbocycles. The second kappa shape index (κ2) is 8.04. The highest BCUT2D eigenvalue weighted by Gasteiger charge is 2.27. The molecule has 1 unspecified atom stereocenters. The summed E-state index contributed by atoms with van der Waals surface area (Å²) in [5.74, 6) is -1.87. The maximum absolute atomic E-state index is 12.1. The Bertz CT molecular complexity index is 509. The lowest BCUT2D eigenvalue weighted by molar-refractivity contribution is -0.148. The molecule has 6 nitrogen and oxygen atoms in total. The van der Waals surface area contributed by atoms with Crippen LogP contribution in [0.5, 0.6) is 5.75 Å². The number of rotatable bonds is 7. The molecule has 114 valence electrons. The van der Waals surface area contributed by atoms with Gasteiger partial charge in [0.05, 0.1) is 20.1 Å². The van der Waals surface area contributed by atoms with E-state index in [0.717, 1.165) is 0 Å². The van der Waals surface area contributed by atoms with Gasteiger partial charge in [0.15, 0.2) is 0 Å². The number of methoxy groups -OCH3 is 1. The fraction of sp³-hybridized carbons (Fsp3) is 0.400. The highest BCUT2D eigenvalue weighted by molar-refractivity contribution is 6.08. The molecule has 0 heterocycles. The zero-order valence-corrected chi connectivity index (χ0v) is 12.3. The monoisotopic (exact) mass is 293 g/mol. The molecular weight excluding hydrogens is 274 g/mol. The Morgan fingerprint density at radius 3 is 2.29 bits per heavy atom. The second-order valence-electron chi connectivity index (χ2n) is 4.39. The number of hydrogen-bond acceptors (Lipinski definition) is 5. The minimum atomic E-state index is -1.05. The highest BCUT2D eigenvalue weighted by atomic mass is 16.5. The first-order valence-corrected chi connectivity index (χ1v) is 6.59. The molecule has 6 heteroatoms. The van der Waals surface area contributed by atoms with Gasteiger partial charge >= 0.3 is 5.97 Å². The van der Waals surface area contributed by atoms with Crippen molar-refractivity contribution in [2.45, 2.75) is 20.3 Å². The molecule has 21 heavy (non-hydrogen) atoms. The van der Waals surface area contributed by atoms with Crippen molar-refractivity contribution >= 4 is 23.3 Å². The number of carbonyl (C=O) groups is 3. The molecule has 1 aromatic carbocycles. The summed E-state index contributed by atoms with van der Waals surface area (Å²) >= 11 is 0. The van der Waals surface area contributed by atoms with Crippen LogP contribution in [0.4, 0.5) is 5.69 Å². The molecule has 0 radical (unpaired) electrons. The molecule has 1 atom stereocenters. The number of esters is 1. The summed E-state index contributed by atoms with van der Waals surface area (Å²) in [6.45, 7) is 3.15. The van der Waals surface area contributed by atoms with Crippen molar-refractivity contribution < 1.29 is 23.9 Å². The van der Waals surface area contributed by atoms with Crippen LogP contribution in [0.1, 0.15) is 20.3 Å². The van der Waals surface area contributed by atoms with Gasteiger partial charge in [0.1, 0.15) is 17.5 Å². The van der Waals surface area contributed by atoms with Gasteiger partial charge in [-0.3, -0.25) is 14.4 Å². The van der Waals surface area contributed by atoms with E-state index in [1.165, 1.54) is 6.92 Å². The fourth-order valence-corrected chi connectivity index (χ4v) is 1.71. The number of benzene rings is 1. The van der Waals surface area contributed by atoms with Crippen LogP contribution in [0, 0.1) is 5.92 Å². The molecule has 0 saturated heterocycles. The predicted molar refractivity (Wildman–Crippen MR) is 77.0 cm³/mol. The van der Waals surface area contributed by atoms with E-state index in [2.05, 4.69) is 5.32 Å². The van der Waals surface area contributed by atoms with Crippen LogP contribution in [0.15, 0.2) is 24.3 Å². The number of anilines is 1. The van der Waals surface area contributed by atoms with Crippen molar-refractivity contribution in [3.8, 4) is 5.75 Å². The molecule has 0 aliphatic carbocycles. The van der Waals surface area contributed by atoms with Gasteiger partial charge in [-0.15, -0.1) is 0 Å². The van der Waals surface area contributed by atoms with Gasteiger partial charge < -0.3 is 14.8 Å². The van der Waals surface area contributed by atoms with Gasteiger partial charge in [0, 0.05) is 5.69 Å². The quantitative estimate of drug-likeness (QED) is 0.612. The Balaban J connectivity index is 2.72. The Labute approximate surface area is 123 Å². The number of amides is 1. The van der Waals surface area contributed by atoms with E-state index in [9.17, 15) is 14.4 Å². The second-order valence-corrected chi connectivity index (χ2v) is 4.39. The van der Waals surface area contributed by atoms with Crippen molar-refractivity contribution in [3.63, 3.8) is 0 Å². The van der Waals surface area contributed by atoms with Crippen LogP contribution in [0.2, 0.25) is 0 Å². The Morgan fingerprint density at radius 2 is 1.81 bits per heavy atom. The fourth-order valence-electron chi connectivity index (χ4n) is 1.71. The van der Waals surface area contributed by atoms with Crippen molar-refractivity contribution in [3.05, 3.63) is 24.3 Å². The van der Waals surface area contributed by atoms with E-state index in [1.807, 2.05) is 0 Å². The third-order valence-electron chi connectivity index (χ3n) is 2.84. The Morgan fingerprint density at radius 1 is 1.19 bits per heavy atom. The van der Waals surface area contributed by atoms with Gasteiger partial charge in [-0.1, -0.05) is 0 Å². The first kappa shape index (κ1) is 16.7. The van der Waals surface area contributed by atoms with Gasteiger partial charge in [0.2, 0.25) is 5.91 Å². The molecule has 1 N–H and O–H groups in total. The summed E-state index contributed by atoms with van der Waals surface area (Å²) in [7, 11) is 1.54. The van der Waals surface area contributed by atoms with Crippen molar-refractivity contribution in [1.82, 2.24) is 0 Å². The average Bonchev–Trinajstić information content (AvgIpc) is 2.45. The summed E-state index contributed by atoms with van der Waals surface area (Å²) in [5, 5.41) is 2.60. The SMILES string of the molecule is CCOC(=O)CC(C(C)=O)C(=O)Nc1ccc(OC)cc1. The van der Waals surface area contributed by atoms with Gasteiger partial charge in [-0.2, -0.15) is 0 Å².